The molecule has 0 aliphatic carbocycles. The van der Waals surface area contributed by atoms with Gasteiger partial charge in [-0.3, -0.25) is 9.59 Å². The van der Waals surface area contributed by atoms with Crippen LogP contribution in [0.3, 0.4) is 0 Å². The highest BCUT2D eigenvalue weighted by atomic mass is 16.5. The normalized spacial score (nSPS) is 14.9. The van der Waals surface area contributed by atoms with Crippen molar-refractivity contribution in [2.75, 3.05) is 6.61 Å². The maximum atomic E-state index is 13.8. The molecule has 0 N–H and O–H groups in total. The van der Waals surface area contributed by atoms with E-state index >= 15 is 0 Å². The standard InChI is InChI=1S/C31H31NO4/c1-4-5-6-16-35-24-9-7-8-23(18-24)28-27-29(33)25-17-21(3)12-15-26(25)36-30(27)31(34)32(28)19-22-13-10-20(2)11-14-22/h7-15,17-18,28H,4-6,16,19H2,1-3H3. The van der Waals surface area contributed by atoms with Crippen LogP contribution in [-0.2, 0) is 6.54 Å². The van der Waals surface area contributed by atoms with Gasteiger partial charge in [-0.15, -0.1) is 0 Å². The Bertz CT molecular complexity index is 1470. The fourth-order valence-corrected chi connectivity index (χ4v) is 4.85. The summed E-state index contributed by atoms with van der Waals surface area (Å²) in [6.45, 7) is 7.14. The van der Waals surface area contributed by atoms with Crippen molar-refractivity contribution in [3.63, 3.8) is 0 Å². The number of ether oxygens (including phenoxy) is 1. The smallest absolute Gasteiger partial charge is 0.291 e. The number of carbonyl (C=O) groups is 1. The van der Waals surface area contributed by atoms with Crippen molar-refractivity contribution in [1.82, 2.24) is 4.90 Å². The fourth-order valence-electron chi connectivity index (χ4n) is 4.85. The summed E-state index contributed by atoms with van der Waals surface area (Å²) < 4.78 is 12.1. The fraction of sp³-hybridized carbons (Fsp3) is 0.290. The first-order valence-electron chi connectivity index (χ1n) is 12.6. The van der Waals surface area contributed by atoms with Gasteiger partial charge >= 0.3 is 0 Å². The molecule has 1 unspecified atom stereocenters. The first kappa shape index (κ1) is 23.9. The zero-order valence-electron chi connectivity index (χ0n) is 21.0. The summed E-state index contributed by atoms with van der Waals surface area (Å²) in [6, 6.07) is 20.8. The molecule has 5 rings (SSSR count). The zero-order valence-corrected chi connectivity index (χ0v) is 21.0. The molecule has 3 aromatic carbocycles. The van der Waals surface area contributed by atoms with Gasteiger partial charge in [-0.1, -0.05) is 73.4 Å². The highest BCUT2D eigenvalue weighted by Gasteiger charge is 2.42. The van der Waals surface area contributed by atoms with Crippen molar-refractivity contribution < 1.29 is 13.9 Å². The molecule has 2 heterocycles. The SMILES string of the molecule is CCCCCOc1cccc(C2c3c(oc4ccc(C)cc4c3=O)C(=O)N2Cc2ccc(C)cc2)c1. The van der Waals surface area contributed by atoms with E-state index in [0.29, 0.717) is 29.7 Å². The van der Waals surface area contributed by atoms with Gasteiger partial charge in [0, 0.05) is 6.54 Å². The number of hydrogen-bond donors (Lipinski definition) is 0. The molecule has 0 saturated heterocycles. The van der Waals surface area contributed by atoms with Crippen LogP contribution in [0.2, 0.25) is 0 Å². The molecule has 0 spiro atoms. The van der Waals surface area contributed by atoms with Gasteiger partial charge in [0.1, 0.15) is 11.3 Å². The number of amides is 1. The van der Waals surface area contributed by atoms with Crippen LogP contribution < -0.4 is 10.2 Å². The number of rotatable bonds is 8. The lowest BCUT2D eigenvalue weighted by Crippen LogP contribution is -2.29. The maximum Gasteiger partial charge on any atom is 0.291 e. The van der Waals surface area contributed by atoms with Crippen LogP contribution >= 0.6 is 0 Å². The predicted molar refractivity (Wildman–Crippen MR) is 142 cm³/mol. The molecule has 0 fully saturated rings. The van der Waals surface area contributed by atoms with E-state index in [0.717, 1.165) is 47.3 Å². The summed E-state index contributed by atoms with van der Waals surface area (Å²) in [7, 11) is 0. The molecule has 1 aliphatic rings. The van der Waals surface area contributed by atoms with E-state index in [1.807, 2.05) is 74.5 Å². The van der Waals surface area contributed by atoms with E-state index in [1.165, 1.54) is 0 Å². The molecule has 5 nitrogen and oxygen atoms in total. The Balaban J connectivity index is 1.61. The van der Waals surface area contributed by atoms with Gasteiger partial charge < -0.3 is 14.1 Å². The molecule has 184 valence electrons. The minimum atomic E-state index is -0.561. The molecular formula is C31H31NO4. The highest BCUT2D eigenvalue weighted by Crippen LogP contribution is 2.40. The van der Waals surface area contributed by atoms with Crippen LogP contribution in [0.4, 0.5) is 0 Å². The Morgan fingerprint density at radius 1 is 0.917 bits per heavy atom. The van der Waals surface area contributed by atoms with Crippen LogP contribution in [0.25, 0.3) is 11.0 Å². The average molecular weight is 482 g/mol. The van der Waals surface area contributed by atoms with Gasteiger partial charge in [0.05, 0.1) is 23.6 Å². The Morgan fingerprint density at radius 3 is 2.47 bits per heavy atom. The lowest BCUT2D eigenvalue weighted by molar-refractivity contribution is 0.0714. The minimum absolute atomic E-state index is 0.128. The van der Waals surface area contributed by atoms with Gasteiger partial charge in [-0.2, -0.15) is 0 Å². The summed E-state index contributed by atoms with van der Waals surface area (Å²) in [5.74, 6) is 0.591. The largest absolute Gasteiger partial charge is 0.494 e. The van der Waals surface area contributed by atoms with Crippen molar-refractivity contribution in [2.45, 2.75) is 52.6 Å². The number of hydrogen-bond acceptors (Lipinski definition) is 4. The Morgan fingerprint density at radius 2 is 1.69 bits per heavy atom. The van der Waals surface area contributed by atoms with Crippen LogP contribution in [0.1, 0.15) is 70.6 Å². The third-order valence-corrected chi connectivity index (χ3v) is 6.79. The second-order valence-electron chi connectivity index (χ2n) is 9.62. The lowest BCUT2D eigenvalue weighted by atomic mass is 9.97. The molecule has 4 aromatic rings. The van der Waals surface area contributed by atoms with Crippen molar-refractivity contribution in [2.24, 2.45) is 0 Å². The predicted octanol–water partition coefficient (Wildman–Crippen LogP) is 6.72. The number of fused-ring (bicyclic) bond motifs is 2. The molecule has 1 amide bonds. The van der Waals surface area contributed by atoms with Gasteiger partial charge in [-0.05, 0) is 55.7 Å². The summed E-state index contributed by atoms with van der Waals surface area (Å²) >= 11 is 0. The Labute approximate surface area is 211 Å². The number of benzene rings is 3. The van der Waals surface area contributed by atoms with E-state index in [4.69, 9.17) is 9.15 Å². The van der Waals surface area contributed by atoms with Crippen molar-refractivity contribution in [3.8, 4) is 5.75 Å². The van der Waals surface area contributed by atoms with Crippen LogP contribution in [0.15, 0.2) is 75.9 Å². The van der Waals surface area contributed by atoms with Crippen molar-refractivity contribution >= 4 is 16.9 Å². The zero-order chi connectivity index (χ0) is 25.2. The number of nitrogens with zero attached hydrogens (tertiary/aromatic N) is 1. The molecule has 5 heteroatoms. The Kier molecular flexibility index (Phi) is 6.64. The van der Waals surface area contributed by atoms with Crippen molar-refractivity contribution in [1.29, 1.82) is 0 Å². The lowest BCUT2D eigenvalue weighted by Gasteiger charge is -2.25. The van der Waals surface area contributed by atoms with E-state index in [-0.39, 0.29) is 17.1 Å². The van der Waals surface area contributed by atoms with E-state index in [1.54, 1.807) is 11.0 Å². The minimum Gasteiger partial charge on any atom is -0.494 e. The topological polar surface area (TPSA) is 59.8 Å². The van der Waals surface area contributed by atoms with E-state index in [2.05, 4.69) is 6.92 Å². The molecular weight excluding hydrogens is 450 g/mol. The van der Waals surface area contributed by atoms with Gasteiger partial charge in [0.25, 0.3) is 5.91 Å². The summed E-state index contributed by atoms with van der Waals surface area (Å²) in [4.78, 5) is 29.2. The van der Waals surface area contributed by atoms with Gasteiger partial charge in [0.2, 0.25) is 5.76 Å². The molecule has 1 aromatic heterocycles. The number of unbranched alkanes of at least 4 members (excludes halogenated alkanes) is 2. The quantitative estimate of drug-likeness (QED) is 0.262. The van der Waals surface area contributed by atoms with E-state index < -0.39 is 6.04 Å². The van der Waals surface area contributed by atoms with Gasteiger partial charge in [-0.25, -0.2) is 0 Å². The highest BCUT2D eigenvalue weighted by molar-refractivity contribution is 5.99. The van der Waals surface area contributed by atoms with Crippen molar-refractivity contribution in [3.05, 3.63) is 111 Å². The molecule has 36 heavy (non-hydrogen) atoms. The first-order valence-corrected chi connectivity index (χ1v) is 12.6. The van der Waals surface area contributed by atoms with Crippen LogP contribution in [0, 0.1) is 13.8 Å². The van der Waals surface area contributed by atoms with E-state index in [9.17, 15) is 9.59 Å². The third-order valence-electron chi connectivity index (χ3n) is 6.79. The third kappa shape index (κ3) is 4.53. The van der Waals surface area contributed by atoms with Crippen LogP contribution in [0.5, 0.6) is 5.75 Å². The first-order chi connectivity index (χ1) is 17.5. The van der Waals surface area contributed by atoms with Gasteiger partial charge in [0.15, 0.2) is 5.43 Å². The summed E-state index contributed by atoms with van der Waals surface area (Å²) in [5.41, 5.74) is 4.62. The molecule has 0 radical (unpaired) electrons. The number of aryl methyl sites for hydroxylation is 2. The van der Waals surface area contributed by atoms with Crippen LogP contribution in [-0.4, -0.2) is 17.4 Å². The number of carbonyl (C=O) groups excluding carboxylic acids is 1. The summed E-state index contributed by atoms with van der Waals surface area (Å²) in [5, 5.41) is 0.496. The monoisotopic (exact) mass is 481 g/mol. The molecule has 1 aliphatic heterocycles. The maximum absolute atomic E-state index is 13.8. The molecule has 0 saturated carbocycles. The second-order valence-corrected chi connectivity index (χ2v) is 9.62. The molecule has 0 bridgehead atoms. The average Bonchev–Trinajstić information content (AvgIpc) is 3.15. The molecule has 1 atom stereocenters. The second kappa shape index (κ2) is 10.0. The Hall–Kier alpha value is -3.86. The summed E-state index contributed by atoms with van der Waals surface area (Å²) in [6.07, 6.45) is 3.23.